The Morgan fingerprint density at radius 3 is 2.75 bits per heavy atom. The van der Waals surface area contributed by atoms with Crippen LogP contribution >= 0.6 is 0 Å². The summed E-state index contributed by atoms with van der Waals surface area (Å²) in [5.74, 6) is 0.239. The Labute approximate surface area is 161 Å². The summed E-state index contributed by atoms with van der Waals surface area (Å²) < 4.78 is 12.6. The van der Waals surface area contributed by atoms with Crippen molar-refractivity contribution in [2.75, 3.05) is 12.1 Å². The van der Waals surface area contributed by atoms with Crippen LogP contribution in [0.3, 0.4) is 0 Å². The molecule has 0 aliphatic carbocycles. The molecule has 0 bridgehead atoms. The van der Waals surface area contributed by atoms with E-state index in [2.05, 4.69) is 16.5 Å². The molecule has 0 saturated carbocycles. The fraction of sp³-hybridized carbons (Fsp3) is 0.190. The number of carbonyl (C=O) groups excluding carboxylic acids is 1. The molecule has 138 valence electrons. The molecular weight excluding hydrogens is 356 g/mol. The lowest BCUT2D eigenvalue weighted by molar-refractivity contribution is -0.119. The predicted octanol–water partition coefficient (Wildman–Crippen LogP) is 3.13. The Kier molecular flexibility index (Phi) is 3.59. The van der Waals surface area contributed by atoms with Gasteiger partial charge in [0.15, 0.2) is 11.5 Å². The van der Waals surface area contributed by atoms with Gasteiger partial charge in [0, 0.05) is 11.5 Å². The van der Waals surface area contributed by atoms with Crippen molar-refractivity contribution in [3.8, 4) is 23.3 Å². The second-order valence-electron chi connectivity index (χ2n) is 6.78. The molecule has 3 aromatic rings. The van der Waals surface area contributed by atoms with Gasteiger partial charge in [0.05, 0.1) is 17.5 Å². The quantitative estimate of drug-likeness (QED) is 0.746. The van der Waals surface area contributed by atoms with E-state index in [1.165, 1.54) is 0 Å². The lowest BCUT2D eigenvalue weighted by Crippen LogP contribution is -2.34. The molecular formula is C21H16N4O3. The number of anilines is 1. The van der Waals surface area contributed by atoms with E-state index in [0.717, 1.165) is 22.5 Å². The first-order chi connectivity index (χ1) is 13.7. The number of hydrogen-bond acceptors (Lipinski definition) is 5. The number of aromatic nitrogens is 2. The second kappa shape index (κ2) is 6.13. The van der Waals surface area contributed by atoms with Gasteiger partial charge in [-0.25, -0.2) is 4.68 Å². The average molecular weight is 372 g/mol. The van der Waals surface area contributed by atoms with Crippen molar-refractivity contribution >= 4 is 11.7 Å². The van der Waals surface area contributed by atoms with Crippen LogP contribution in [-0.2, 0) is 4.79 Å². The number of fused-ring (bicyclic) bond motifs is 2. The van der Waals surface area contributed by atoms with Crippen molar-refractivity contribution in [1.82, 2.24) is 9.78 Å². The topological polar surface area (TPSA) is 89.2 Å². The van der Waals surface area contributed by atoms with Crippen molar-refractivity contribution in [2.24, 2.45) is 5.92 Å². The number of amides is 1. The van der Waals surface area contributed by atoms with Crippen molar-refractivity contribution < 1.29 is 14.3 Å². The zero-order valence-corrected chi connectivity index (χ0v) is 15.0. The molecule has 0 unspecified atom stereocenters. The zero-order valence-electron chi connectivity index (χ0n) is 15.0. The third-order valence-electron chi connectivity index (χ3n) is 5.17. The van der Waals surface area contributed by atoms with Gasteiger partial charge in [0.25, 0.3) is 0 Å². The molecule has 3 heterocycles. The maximum Gasteiger partial charge on any atom is 0.243 e. The minimum atomic E-state index is -0.861. The highest BCUT2D eigenvalue weighted by molar-refractivity contribution is 5.98. The molecule has 5 rings (SSSR count). The summed E-state index contributed by atoms with van der Waals surface area (Å²) in [4.78, 5) is 12.8. The summed E-state index contributed by atoms with van der Waals surface area (Å²) in [6.07, 6.45) is 0. The molecule has 0 fully saturated rings. The van der Waals surface area contributed by atoms with Crippen LogP contribution in [0.4, 0.5) is 5.82 Å². The van der Waals surface area contributed by atoms with Crippen LogP contribution in [0, 0.1) is 24.2 Å². The number of ether oxygens (including phenoxy) is 2. The summed E-state index contributed by atoms with van der Waals surface area (Å²) in [6, 6.07) is 17.3. The summed E-state index contributed by atoms with van der Waals surface area (Å²) >= 11 is 0. The zero-order chi connectivity index (χ0) is 19.3. The molecule has 1 aromatic heterocycles. The van der Waals surface area contributed by atoms with Crippen LogP contribution in [0.1, 0.15) is 22.7 Å². The van der Waals surface area contributed by atoms with E-state index in [0.29, 0.717) is 17.3 Å². The molecule has 2 atom stereocenters. The number of carbonyl (C=O) groups is 1. The molecule has 28 heavy (non-hydrogen) atoms. The number of rotatable bonds is 2. The fourth-order valence-corrected chi connectivity index (χ4v) is 3.90. The van der Waals surface area contributed by atoms with E-state index in [-0.39, 0.29) is 12.7 Å². The highest BCUT2D eigenvalue weighted by atomic mass is 16.7. The lowest BCUT2D eigenvalue weighted by Gasteiger charge is -2.28. The average Bonchev–Trinajstić information content (AvgIpc) is 3.31. The summed E-state index contributed by atoms with van der Waals surface area (Å²) in [5, 5.41) is 17.3. The first-order valence-electron chi connectivity index (χ1n) is 8.92. The van der Waals surface area contributed by atoms with Crippen molar-refractivity contribution in [1.29, 1.82) is 5.26 Å². The predicted molar refractivity (Wildman–Crippen MR) is 100 cm³/mol. The van der Waals surface area contributed by atoms with Crippen molar-refractivity contribution in [2.45, 2.75) is 12.8 Å². The van der Waals surface area contributed by atoms with Crippen LogP contribution < -0.4 is 14.8 Å². The molecule has 7 nitrogen and oxygen atoms in total. The Hall–Kier alpha value is -3.79. The lowest BCUT2D eigenvalue weighted by atomic mass is 9.78. The van der Waals surface area contributed by atoms with E-state index in [4.69, 9.17) is 9.47 Å². The van der Waals surface area contributed by atoms with Gasteiger partial charge < -0.3 is 14.8 Å². The maximum absolute atomic E-state index is 12.8. The Morgan fingerprint density at radius 1 is 1.18 bits per heavy atom. The Balaban J connectivity index is 1.71. The van der Waals surface area contributed by atoms with E-state index in [1.807, 2.05) is 55.5 Å². The standard InChI is InChI=1S/C21H16N4O3/c1-12-18-19(13-7-8-16-17(9-13)28-11-27-16)15(10-22)21(26)23-20(18)25(24-12)14-5-3-2-4-6-14/h2-9,15,19H,11H2,1H3,(H,23,26)/t15-,19+/m0/s1. The number of benzene rings is 2. The minimum Gasteiger partial charge on any atom is -0.454 e. The van der Waals surface area contributed by atoms with Gasteiger partial charge in [-0.3, -0.25) is 4.79 Å². The van der Waals surface area contributed by atoms with E-state index in [1.54, 1.807) is 4.68 Å². The third-order valence-corrected chi connectivity index (χ3v) is 5.17. The molecule has 1 N–H and O–H groups in total. The second-order valence-corrected chi connectivity index (χ2v) is 6.78. The molecule has 7 heteroatoms. The van der Waals surface area contributed by atoms with Gasteiger partial charge in [0.1, 0.15) is 11.7 Å². The normalized spacial score (nSPS) is 19.6. The van der Waals surface area contributed by atoms with Gasteiger partial charge >= 0.3 is 0 Å². The highest BCUT2D eigenvalue weighted by Gasteiger charge is 2.41. The highest BCUT2D eigenvalue weighted by Crippen LogP contribution is 2.45. The fourth-order valence-electron chi connectivity index (χ4n) is 3.90. The first-order valence-corrected chi connectivity index (χ1v) is 8.92. The molecule has 2 aliphatic rings. The van der Waals surface area contributed by atoms with Gasteiger partial charge in [-0.2, -0.15) is 10.4 Å². The van der Waals surface area contributed by atoms with Crippen LogP contribution in [0.15, 0.2) is 48.5 Å². The molecule has 2 aliphatic heterocycles. The summed E-state index contributed by atoms with van der Waals surface area (Å²) in [7, 11) is 0. The first kappa shape index (κ1) is 16.4. The number of para-hydroxylation sites is 1. The van der Waals surface area contributed by atoms with Gasteiger partial charge in [-0.05, 0) is 36.8 Å². The largest absolute Gasteiger partial charge is 0.454 e. The van der Waals surface area contributed by atoms with Gasteiger partial charge in [-0.15, -0.1) is 0 Å². The van der Waals surface area contributed by atoms with Crippen LogP contribution in [0.2, 0.25) is 0 Å². The number of hydrogen-bond donors (Lipinski definition) is 1. The smallest absolute Gasteiger partial charge is 0.243 e. The molecule has 0 radical (unpaired) electrons. The number of nitrogens with zero attached hydrogens (tertiary/aromatic N) is 3. The third kappa shape index (κ3) is 2.35. The van der Waals surface area contributed by atoms with E-state index < -0.39 is 11.8 Å². The molecule has 1 amide bonds. The van der Waals surface area contributed by atoms with Crippen molar-refractivity contribution in [3.63, 3.8) is 0 Å². The van der Waals surface area contributed by atoms with Gasteiger partial charge in [0.2, 0.25) is 12.7 Å². The van der Waals surface area contributed by atoms with Crippen LogP contribution in [0.25, 0.3) is 5.69 Å². The van der Waals surface area contributed by atoms with Crippen molar-refractivity contribution in [3.05, 3.63) is 65.4 Å². The Bertz CT molecular complexity index is 1130. The Morgan fingerprint density at radius 2 is 1.96 bits per heavy atom. The monoisotopic (exact) mass is 372 g/mol. The van der Waals surface area contributed by atoms with Gasteiger partial charge in [-0.1, -0.05) is 24.3 Å². The molecule has 2 aromatic carbocycles. The SMILES string of the molecule is Cc1nn(-c2ccccc2)c2c1[C@H](c1ccc3c(c1)OCO3)[C@H](C#N)C(=O)N2. The number of nitriles is 1. The summed E-state index contributed by atoms with van der Waals surface area (Å²) in [6.45, 7) is 2.06. The maximum atomic E-state index is 12.8. The summed E-state index contributed by atoms with van der Waals surface area (Å²) in [5.41, 5.74) is 3.27. The number of nitrogens with one attached hydrogen (secondary N) is 1. The minimum absolute atomic E-state index is 0.168. The molecule has 0 saturated heterocycles. The number of aryl methyl sites for hydroxylation is 1. The van der Waals surface area contributed by atoms with E-state index >= 15 is 0 Å². The van der Waals surface area contributed by atoms with Crippen LogP contribution in [0.5, 0.6) is 11.5 Å². The molecule has 0 spiro atoms. The van der Waals surface area contributed by atoms with Crippen LogP contribution in [-0.4, -0.2) is 22.5 Å². The van der Waals surface area contributed by atoms with E-state index in [9.17, 15) is 10.1 Å².